The minimum absolute atomic E-state index is 0.0279. The van der Waals surface area contributed by atoms with Gasteiger partial charge in [-0.05, 0) is 23.8 Å². The molecule has 0 unspecified atom stereocenters. The summed E-state index contributed by atoms with van der Waals surface area (Å²) >= 11 is 7.03. The van der Waals surface area contributed by atoms with Gasteiger partial charge >= 0.3 is 6.18 Å². The van der Waals surface area contributed by atoms with Crippen LogP contribution in [0.25, 0.3) is 0 Å². The van der Waals surface area contributed by atoms with Gasteiger partial charge in [0, 0.05) is 13.5 Å². The van der Waals surface area contributed by atoms with Crippen LogP contribution in [0.15, 0.2) is 53.7 Å². The molecule has 0 aliphatic carbocycles. The molecule has 1 amide bonds. The van der Waals surface area contributed by atoms with E-state index in [1.54, 1.807) is 11.6 Å². The van der Waals surface area contributed by atoms with Gasteiger partial charge < -0.3 is 9.88 Å². The van der Waals surface area contributed by atoms with Crippen molar-refractivity contribution in [2.45, 2.75) is 17.8 Å². The summed E-state index contributed by atoms with van der Waals surface area (Å²) in [5.41, 5.74) is 0.106. The topological polar surface area (TPSA) is 59.8 Å². The van der Waals surface area contributed by atoms with Gasteiger partial charge in [0.1, 0.15) is 5.82 Å². The standard InChI is InChI=1S/C19H16ClF3N4OS/c1-27-16(9-12-5-3-2-4-6-12)25-26-18(27)29-11-17(28)24-15-10-13(19(21,22)23)7-8-14(15)20/h2-8,10H,9,11H2,1H3,(H,24,28). The van der Waals surface area contributed by atoms with Gasteiger partial charge in [-0.3, -0.25) is 4.79 Å². The second-order valence-corrected chi connectivity index (χ2v) is 7.50. The van der Waals surface area contributed by atoms with Gasteiger partial charge in [-0.2, -0.15) is 13.2 Å². The molecule has 29 heavy (non-hydrogen) atoms. The van der Waals surface area contributed by atoms with E-state index in [-0.39, 0.29) is 16.5 Å². The number of nitrogens with one attached hydrogen (secondary N) is 1. The number of carbonyl (C=O) groups excluding carboxylic acids is 1. The van der Waals surface area contributed by atoms with Crippen LogP contribution in [0.4, 0.5) is 18.9 Å². The molecule has 3 rings (SSSR count). The summed E-state index contributed by atoms with van der Waals surface area (Å²) in [6.07, 6.45) is -3.93. The number of nitrogens with zero attached hydrogens (tertiary/aromatic N) is 3. The lowest BCUT2D eigenvalue weighted by Gasteiger charge is -2.11. The number of alkyl halides is 3. The lowest BCUT2D eigenvalue weighted by Crippen LogP contribution is -2.16. The lowest BCUT2D eigenvalue weighted by atomic mass is 10.1. The van der Waals surface area contributed by atoms with Crippen molar-refractivity contribution in [3.05, 3.63) is 70.5 Å². The van der Waals surface area contributed by atoms with Crippen LogP contribution in [-0.4, -0.2) is 26.4 Å². The van der Waals surface area contributed by atoms with E-state index in [2.05, 4.69) is 15.5 Å². The molecule has 0 saturated heterocycles. The van der Waals surface area contributed by atoms with E-state index in [9.17, 15) is 18.0 Å². The lowest BCUT2D eigenvalue weighted by molar-refractivity contribution is -0.137. The van der Waals surface area contributed by atoms with E-state index in [1.165, 1.54) is 0 Å². The first-order chi connectivity index (χ1) is 13.7. The molecule has 1 N–H and O–H groups in total. The zero-order valence-electron chi connectivity index (χ0n) is 15.2. The number of halogens is 4. The zero-order valence-corrected chi connectivity index (χ0v) is 16.8. The van der Waals surface area contributed by atoms with E-state index in [0.29, 0.717) is 11.6 Å². The molecule has 0 aliphatic rings. The third kappa shape index (κ3) is 5.51. The molecule has 3 aromatic rings. The minimum Gasteiger partial charge on any atom is -0.324 e. The second kappa shape index (κ2) is 8.87. The predicted octanol–water partition coefficient (Wildman–Crippen LogP) is 4.81. The Labute approximate surface area is 174 Å². The Morgan fingerprint density at radius 3 is 2.59 bits per heavy atom. The maximum Gasteiger partial charge on any atom is 0.416 e. The summed E-state index contributed by atoms with van der Waals surface area (Å²) in [7, 11) is 1.79. The molecule has 0 fully saturated rings. The Morgan fingerprint density at radius 1 is 1.17 bits per heavy atom. The number of anilines is 1. The van der Waals surface area contributed by atoms with Crippen LogP contribution >= 0.6 is 23.4 Å². The van der Waals surface area contributed by atoms with Crippen molar-refractivity contribution in [3.63, 3.8) is 0 Å². The van der Waals surface area contributed by atoms with E-state index in [1.807, 2.05) is 30.3 Å². The molecular weight excluding hydrogens is 425 g/mol. The summed E-state index contributed by atoms with van der Waals surface area (Å²) in [5, 5.41) is 11.2. The number of hydrogen-bond donors (Lipinski definition) is 1. The molecule has 1 heterocycles. The molecule has 2 aromatic carbocycles. The molecule has 0 atom stereocenters. The highest BCUT2D eigenvalue weighted by atomic mass is 35.5. The van der Waals surface area contributed by atoms with Crippen LogP contribution in [-0.2, 0) is 24.4 Å². The van der Waals surface area contributed by atoms with Crippen molar-refractivity contribution in [1.29, 1.82) is 0 Å². The Bertz CT molecular complexity index is 1010. The number of benzene rings is 2. The first-order valence-electron chi connectivity index (χ1n) is 8.45. The highest BCUT2D eigenvalue weighted by Gasteiger charge is 2.31. The average molecular weight is 441 g/mol. The molecule has 0 bridgehead atoms. The van der Waals surface area contributed by atoms with Crippen molar-refractivity contribution in [2.75, 3.05) is 11.1 Å². The van der Waals surface area contributed by atoms with Gasteiger partial charge in [0.25, 0.3) is 0 Å². The predicted molar refractivity (Wildman–Crippen MR) is 106 cm³/mol. The minimum atomic E-state index is -4.52. The first-order valence-corrected chi connectivity index (χ1v) is 9.82. The Kier molecular flexibility index (Phi) is 6.49. The van der Waals surface area contributed by atoms with Crippen molar-refractivity contribution in [2.24, 2.45) is 7.05 Å². The highest BCUT2D eigenvalue weighted by molar-refractivity contribution is 7.99. The Balaban J connectivity index is 1.62. The quantitative estimate of drug-likeness (QED) is 0.559. The smallest absolute Gasteiger partial charge is 0.324 e. The summed E-state index contributed by atoms with van der Waals surface area (Å²) in [6.45, 7) is 0. The van der Waals surface area contributed by atoms with Crippen molar-refractivity contribution in [1.82, 2.24) is 14.8 Å². The van der Waals surface area contributed by atoms with Crippen LogP contribution < -0.4 is 5.32 Å². The number of carbonyl (C=O) groups is 1. The molecule has 10 heteroatoms. The summed E-state index contributed by atoms with van der Waals surface area (Å²) < 4.78 is 40.3. The monoisotopic (exact) mass is 440 g/mol. The van der Waals surface area contributed by atoms with E-state index in [4.69, 9.17) is 11.6 Å². The number of aromatic nitrogens is 3. The highest BCUT2D eigenvalue weighted by Crippen LogP contribution is 2.34. The van der Waals surface area contributed by atoms with Gasteiger partial charge in [-0.15, -0.1) is 10.2 Å². The van der Waals surface area contributed by atoms with Gasteiger partial charge in [0.05, 0.1) is 22.0 Å². The molecule has 0 aliphatic heterocycles. The maximum absolute atomic E-state index is 12.8. The third-order valence-electron chi connectivity index (χ3n) is 4.03. The SMILES string of the molecule is Cn1c(Cc2ccccc2)nnc1SCC(=O)Nc1cc(C(F)(F)F)ccc1Cl. The van der Waals surface area contributed by atoms with Gasteiger partial charge in [-0.1, -0.05) is 53.7 Å². The summed E-state index contributed by atoms with van der Waals surface area (Å²) in [4.78, 5) is 12.2. The number of thioether (sulfide) groups is 1. The number of hydrogen-bond acceptors (Lipinski definition) is 4. The van der Waals surface area contributed by atoms with Crippen molar-refractivity contribution in [3.8, 4) is 0 Å². The number of rotatable bonds is 6. The van der Waals surface area contributed by atoms with Crippen LogP contribution in [0, 0.1) is 0 Å². The fourth-order valence-corrected chi connectivity index (χ4v) is 3.41. The van der Waals surface area contributed by atoms with E-state index < -0.39 is 17.6 Å². The van der Waals surface area contributed by atoms with Gasteiger partial charge in [-0.25, -0.2) is 0 Å². The van der Waals surface area contributed by atoms with E-state index >= 15 is 0 Å². The van der Waals surface area contributed by atoms with Crippen LogP contribution in [0.1, 0.15) is 17.0 Å². The average Bonchev–Trinajstić information content (AvgIpc) is 3.01. The zero-order chi connectivity index (χ0) is 21.0. The van der Waals surface area contributed by atoms with Crippen LogP contribution in [0.5, 0.6) is 0 Å². The van der Waals surface area contributed by atoms with Crippen molar-refractivity contribution >= 4 is 35.0 Å². The van der Waals surface area contributed by atoms with Crippen LogP contribution in [0.3, 0.4) is 0 Å². The number of amides is 1. The molecule has 0 saturated carbocycles. The first kappa shape index (κ1) is 21.2. The fourth-order valence-electron chi connectivity index (χ4n) is 2.52. The molecular formula is C19H16ClF3N4OS. The van der Waals surface area contributed by atoms with E-state index in [0.717, 1.165) is 41.3 Å². The normalized spacial score (nSPS) is 11.5. The fraction of sp³-hybridized carbons (Fsp3) is 0.211. The second-order valence-electron chi connectivity index (χ2n) is 6.15. The Hall–Kier alpha value is -2.52. The largest absolute Gasteiger partial charge is 0.416 e. The molecule has 5 nitrogen and oxygen atoms in total. The van der Waals surface area contributed by atoms with Crippen LogP contribution in [0.2, 0.25) is 5.02 Å². The van der Waals surface area contributed by atoms with Crippen molar-refractivity contribution < 1.29 is 18.0 Å². The van der Waals surface area contributed by atoms with Gasteiger partial charge in [0.2, 0.25) is 5.91 Å². The third-order valence-corrected chi connectivity index (χ3v) is 5.38. The maximum atomic E-state index is 12.8. The molecule has 0 spiro atoms. The molecule has 152 valence electrons. The summed E-state index contributed by atoms with van der Waals surface area (Å²) in [6, 6.07) is 12.5. The Morgan fingerprint density at radius 2 is 1.90 bits per heavy atom. The summed E-state index contributed by atoms with van der Waals surface area (Å²) in [5.74, 6) is 0.188. The van der Waals surface area contributed by atoms with Gasteiger partial charge in [0.15, 0.2) is 5.16 Å². The molecule has 0 radical (unpaired) electrons. The molecule has 1 aromatic heterocycles.